The summed E-state index contributed by atoms with van der Waals surface area (Å²) in [5.41, 5.74) is 3.78. The van der Waals surface area contributed by atoms with Gasteiger partial charge in [0.15, 0.2) is 23.0 Å². The highest BCUT2D eigenvalue weighted by Crippen LogP contribution is 2.34. The normalized spacial score (nSPS) is 15.2. The molecule has 0 saturated carbocycles. The molecular formula is C21H27NO4. The Balaban J connectivity index is 1.73. The zero-order chi connectivity index (χ0) is 18.7. The summed E-state index contributed by atoms with van der Waals surface area (Å²) >= 11 is 0. The Morgan fingerprint density at radius 2 is 1.62 bits per heavy atom. The first-order valence-corrected chi connectivity index (χ1v) is 8.89. The molecule has 0 bridgehead atoms. The molecular weight excluding hydrogens is 330 g/mol. The molecule has 3 rings (SSSR count). The fourth-order valence-electron chi connectivity index (χ4n) is 3.60. The van der Waals surface area contributed by atoms with Crippen LogP contribution in [0.1, 0.15) is 23.6 Å². The van der Waals surface area contributed by atoms with E-state index in [4.69, 9.17) is 14.2 Å². The molecule has 140 valence electrons. The molecule has 1 atom stereocenters. The van der Waals surface area contributed by atoms with Crippen LogP contribution < -0.4 is 14.2 Å². The molecule has 1 N–H and O–H groups in total. The Bertz CT molecular complexity index is 775. The maximum atomic E-state index is 9.76. The van der Waals surface area contributed by atoms with Crippen molar-refractivity contribution in [2.75, 3.05) is 27.9 Å². The average molecular weight is 357 g/mol. The molecule has 0 saturated heterocycles. The van der Waals surface area contributed by atoms with Crippen LogP contribution >= 0.6 is 0 Å². The van der Waals surface area contributed by atoms with Crippen LogP contribution in [-0.4, -0.2) is 43.9 Å². The summed E-state index contributed by atoms with van der Waals surface area (Å²) in [5, 5.41) is 9.76. The van der Waals surface area contributed by atoms with Crippen molar-refractivity contribution in [3.8, 4) is 23.0 Å². The molecule has 1 aliphatic heterocycles. The van der Waals surface area contributed by atoms with Gasteiger partial charge < -0.3 is 19.3 Å². The lowest BCUT2D eigenvalue weighted by Crippen LogP contribution is -2.38. The van der Waals surface area contributed by atoms with E-state index >= 15 is 0 Å². The number of hydrogen-bond acceptors (Lipinski definition) is 5. The van der Waals surface area contributed by atoms with Crippen molar-refractivity contribution in [3.05, 3.63) is 47.0 Å². The van der Waals surface area contributed by atoms with E-state index < -0.39 is 0 Å². The number of phenolic OH excluding ortho intramolecular Hbond substituents is 1. The van der Waals surface area contributed by atoms with Gasteiger partial charge in [-0.1, -0.05) is 6.07 Å². The summed E-state index contributed by atoms with van der Waals surface area (Å²) < 4.78 is 16.1. The van der Waals surface area contributed by atoms with Crippen molar-refractivity contribution in [1.29, 1.82) is 0 Å². The van der Waals surface area contributed by atoms with Crippen LogP contribution in [0.2, 0.25) is 0 Å². The topological polar surface area (TPSA) is 51.2 Å². The summed E-state index contributed by atoms with van der Waals surface area (Å²) in [5.74, 6) is 2.28. The highest BCUT2D eigenvalue weighted by Gasteiger charge is 2.23. The molecule has 0 aromatic heterocycles. The van der Waals surface area contributed by atoms with Crippen LogP contribution in [0.25, 0.3) is 0 Å². The van der Waals surface area contributed by atoms with Gasteiger partial charge in [0.2, 0.25) is 0 Å². The Hall–Kier alpha value is -2.40. The Morgan fingerprint density at radius 3 is 2.27 bits per heavy atom. The van der Waals surface area contributed by atoms with Crippen molar-refractivity contribution >= 4 is 0 Å². The van der Waals surface area contributed by atoms with Gasteiger partial charge in [-0.2, -0.15) is 0 Å². The summed E-state index contributed by atoms with van der Waals surface area (Å²) in [6.07, 6.45) is 1.90. The number of phenols is 1. The van der Waals surface area contributed by atoms with Crippen molar-refractivity contribution in [2.45, 2.75) is 32.4 Å². The van der Waals surface area contributed by atoms with Crippen LogP contribution in [0.3, 0.4) is 0 Å². The fraction of sp³-hybridized carbons (Fsp3) is 0.429. The molecule has 1 unspecified atom stereocenters. The second-order valence-electron chi connectivity index (χ2n) is 6.76. The minimum Gasteiger partial charge on any atom is -0.504 e. The summed E-state index contributed by atoms with van der Waals surface area (Å²) in [4.78, 5) is 2.48. The molecule has 0 radical (unpaired) electrons. The second kappa shape index (κ2) is 7.87. The van der Waals surface area contributed by atoms with Gasteiger partial charge in [0, 0.05) is 19.1 Å². The van der Waals surface area contributed by atoms with Gasteiger partial charge in [-0.25, -0.2) is 0 Å². The van der Waals surface area contributed by atoms with Crippen LogP contribution in [-0.2, 0) is 19.4 Å². The number of ether oxygens (including phenoxy) is 3. The van der Waals surface area contributed by atoms with Gasteiger partial charge in [-0.05, 0) is 60.7 Å². The van der Waals surface area contributed by atoms with E-state index in [1.807, 2.05) is 12.1 Å². The van der Waals surface area contributed by atoms with Crippen molar-refractivity contribution < 1.29 is 19.3 Å². The lowest BCUT2D eigenvalue weighted by molar-refractivity contribution is 0.189. The molecule has 2 aromatic rings. The van der Waals surface area contributed by atoms with Crippen LogP contribution in [0, 0.1) is 0 Å². The lowest BCUT2D eigenvalue weighted by Gasteiger charge is -2.34. The molecule has 5 nitrogen and oxygen atoms in total. The van der Waals surface area contributed by atoms with Gasteiger partial charge in [-0.15, -0.1) is 0 Å². The molecule has 2 aromatic carbocycles. The fourth-order valence-corrected chi connectivity index (χ4v) is 3.60. The van der Waals surface area contributed by atoms with Gasteiger partial charge >= 0.3 is 0 Å². The SMILES string of the molecule is COc1cc(CC(C)N2CCc3cc(OC)c(OC)cc3C2)ccc1O. The monoisotopic (exact) mass is 357 g/mol. The number of hydrogen-bond donors (Lipinski definition) is 1. The zero-order valence-corrected chi connectivity index (χ0v) is 15.9. The first-order chi connectivity index (χ1) is 12.5. The van der Waals surface area contributed by atoms with Gasteiger partial charge in [0.05, 0.1) is 21.3 Å². The van der Waals surface area contributed by atoms with Crippen molar-refractivity contribution in [2.24, 2.45) is 0 Å². The number of methoxy groups -OCH3 is 3. The van der Waals surface area contributed by atoms with E-state index in [0.717, 1.165) is 43.0 Å². The number of nitrogens with zero attached hydrogens (tertiary/aromatic N) is 1. The lowest BCUT2D eigenvalue weighted by atomic mass is 9.96. The Kier molecular flexibility index (Phi) is 5.57. The molecule has 5 heteroatoms. The van der Waals surface area contributed by atoms with Gasteiger partial charge in [-0.3, -0.25) is 4.90 Å². The Labute approximate surface area is 155 Å². The first-order valence-electron chi connectivity index (χ1n) is 8.89. The highest BCUT2D eigenvalue weighted by molar-refractivity contribution is 5.48. The van der Waals surface area contributed by atoms with E-state index in [-0.39, 0.29) is 5.75 Å². The summed E-state index contributed by atoms with van der Waals surface area (Å²) in [6.45, 7) is 4.15. The first kappa shape index (κ1) is 18.4. The number of benzene rings is 2. The predicted molar refractivity (Wildman–Crippen MR) is 101 cm³/mol. The third kappa shape index (κ3) is 3.73. The highest BCUT2D eigenvalue weighted by atomic mass is 16.5. The maximum absolute atomic E-state index is 9.76. The average Bonchev–Trinajstić information content (AvgIpc) is 2.67. The minimum absolute atomic E-state index is 0.178. The smallest absolute Gasteiger partial charge is 0.161 e. The van der Waals surface area contributed by atoms with Crippen LogP contribution in [0.5, 0.6) is 23.0 Å². The quantitative estimate of drug-likeness (QED) is 0.859. The molecule has 0 amide bonds. The predicted octanol–water partition coefficient (Wildman–Crippen LogP) is 3.41. The molecule has 1 heterocycles. The van der Waals surface area contributed by atoms with Gasteiger partial charge in [0.1, 0.15) is 0 Å². The van der Waals surface area contributed by atoms with E-state index in [1.165, 1.54) is 11.1 Å². The van der Waals surface area contributed by atoms with Gasteiger partial charge in [0.25, 0.3) is 0 Å². The third-order valence-electron chi connectivity index (χ3n) is 5.15. The van der Waals surface area contributed by atoms with E-state index in [2.05, 4.69) is 24.0 Å². The summed E-state index contributed by atoms with van der Waals surface area (Å²) in [7, 11) is 4.92. The number of fused-ring (bicyclic) bond motifs is 1. The number of aromatic hydroxyl groups is 1. The number of rotatable bonds is 6. The standard InChI is InChI=1S/C21H27NO4/c1-14(9-15-5-6-18(23)19(10-15)24-2)22-8-7-16-11-20(25-3)21(26-4)12-17(16)13-22/h5-6,10-12,14,23H,7-9,13H2,1-4H3. The molecule has 0 spiro atoms. The van der Waals surface area contributed by atoms with E-state index in [0.29, 0.717) is 11.8 Å². The molecule has 1 aliphatic rings. The van der Waals surface area contributed by atoms with Crippen LogP contribution in [0.4, 0.5) is 0 Å². The largest absolute Gasteiger partial charge is 0.504 e. The third-order valence-corrected chi connectivity index (χ3v) is 5.15. The minimum atomic E-state index is 0.178. The zero-order valence-electron chi connectivity index (χ0n) is 15.9. The van der Waals surface area contributed by atoms with Crippen molar-refractivity contribution in [3.63, 3.8) is 0 Å². The molecule has 0 aliphatic carbocycles. The molecule has 26 heavy (non-hydrogen) atoms. The van der Waals surface area contributed by atoms with E-state index in [1.54, 1.807) is 27.4 Å². The second-order valence-corrected chi connectivity index (χ2v) is 6.76. The maximum Gasteiger partial charge on any atom is 0.161 e. The van der Waals surface area contributed by atoms with Crippen molar-refractivity contribution in [1.82, 2.24) is 4.90 Å². The molecule has 0 fully saturated rings. The summed E-state index contributed by atoms with van der Waals surface area (Å²) in [6, 6.07) is 10.1. The Morgan fingerprint density at radius 1 is 0.962 bits per heavy atom. The van der Waals surface area contributed by atoms with Crippen LogP contribution in [0.15, 0.2) is 30.3 Å². The van der Waals surface area contributed by atoms with E-state index in [9.17, 15) is 5.11 Å².